The van der Waals surface area contributed by atoms with E-state index in [4.69, 9.17) is 16.3 Å². The second kappa shape index (κ2) is 7.27. The average molecular weight is 427 g/mol. The predicted octanol–water partition coefficient (Wildman–Crippen LogP) is 2.54. The second-order valence-corrected chi connectivity index (χ2v) is 7.54. The van der Waals surface area contributed by atoms with E-state index in [2.05, 4.69) is 0 Å². The Morgan fingerprint density at radius 3 is 2.43 bits per heavy atom. The largest absolute Gasteiger partial charge is 0.507 e. The molecule has 1 N–H and O–H groups in total. The molecule has 8 heteroatoms. The highest BCUT2D eigenvalue weighted by Crippen LogP contribution is 2.53. The van der Waals surface area contributed by atoms with Crippen LogP contribution in [0.5, 0.6) is 0 Å². The van der Waals surface area contributed by atoms with Gasteiger partial charge in [0, 0.05) is 42.5 Å². The minimum absolute atomic E-state index is 0.00633. The number of carbonyl (C=O) groups excluding carboxylic acids is 3. The number of rotatable bonds is 4. The van der Waals surface area contributed by atoms with Crippen LogP contribution in [-0.2, 0) is 24.7 Å². The standard InChI is InChI=1S/C22H19ClN2O5/c1-24-16-6-4-3-5-15(16)22(21(24)29)17(18(26)13-7-9-14(23)10-8-13)19(27)20(28)25(22)11-12-30-2/h3-10,26H,11-12H2,1-2H3. The third-order valence-corrected chi connectivity index (χ3v) is 5.83. The summed E-state index contributed by atoms with van der Waals surface area (Å²) in [6, 6.07) is 13.1. The van der Waals surface area contributed by atoms with Crippen molar-refractivity contribution in [1.82, 2.24) is 4.90 Å². The lowest BCUT2D eigenvalue weighted by Crippen LogP contribution is -2.52. The van der Waals surface area contributed by atoms with Gasteiger partial charge in [0.05, 0.1) is 12.2 Å². The number of hydrogen-bond acceptors (Lipinski definition) is 5. The number of Topliss-reactive ketones (excluding diaryl/α,β-unsaturated/α-hetero) is 1. The number of para-hydroxylation sites is 1. The van der Waals surface area contributed by atoms with Gasteiger partial charge < -0.3 is 19.6 Å². The molecule has 4 rings (SSSR count). The Bertz CT molecular complexity index is 1090. The first-order valence-electron chi connectivity index (χ1n) is 9.28. The average Bonchev–Trinajstić information content (AvgIpc) is 3.11. The summed E-state index contributed by atoms with van der Waals surface area (Å²) in [5, 5.41) is 11.6. The first kappa shape index (κ1) is 20.1. The van der Waals surface area contributed by atoms with Crippen molar-refractivity contribution >= 4 is 40.6 Å². The van der Waals surface area contributed by atoms with Crippen molar-refractivity contribution in [3.63, 3.8) is 0 Å². The smallest absolute Gasteiger partial charge is 0.296 e. The molecule has 1 spiro atoms. The third kappa shape index (κ3) is 2.59. The van der Waals surface area contributed by atoms with Gasteiger partial charge in [0.2, 0.25) is 0 Å². The van der Waals surface area contributed by atoms with Gasteiger partial charge >= 0.3 is 0 Å². The van der Waals surface area contributed by atoms with Crippen LogP contribution < -0.4 is 4.90 Å². The maximum atomic E-state index is 13.6. The lowest BCUT2D eigenvalue weighted by molar-refractivity contribution is -0.144. The number of hydrogen-bond donors (Lipinski definition) is 1. The van der Waals surface area contributed by atoms with E-state index < -0.39 is 28.9 Å². The number of carbonyl (C=O) groups is 3. The van der Waals surface area contributed by atoms with Crippen LogP contribution in [0.15, 0.2) is 54.1 Å². The minimum atomic E-state index is -1.76. The Labute approximate surface area is 178 Å². The number of fused-ring (bicyclic) bond motifs is 2. The SMILES string of the molecule is COCCN1C(=O)C(=O)C(=C(O)c2ccc(Cl)cc2)C12C(=O)N(C)c1ccccc12. The van der Waals surface area contributed by atoms with Crippen LogP contribution in [-0.4, -0.2) is 54.9 Å². The van der Waals surface area contributed by atoms with E-state index in [1.54, 1.807) is 43.4 Å². The molecule has 0 aliphatic carbocycles. The zero-order valence-electron chi connectivity index (χ0n) is 16.4. The zero-order valence-corrected chi connectivity index (χ0v) is 17.1. The van der Waals surface area contributed by atoms with E-state index >= 15 is 0 Å². The summed E-state index contributed by atoms with van der Waals surface area (Å²) in [5.74, 6) is -2.70. The lowest BCUT2D eigenvalue weighted by atomic mass is 9.82. The monoisotopic (exact) mass is 426 g/mol. The van der Waals surface area contributed by atoms with Gasteiger partial charge in [0.1, 0.15) is 5.76 Å². The number of nitrogens with zero attached hydrogens (tertiary/aromatic N) is 2. The predicted molar refractivity (Wildman–Crippen MR) is 111 cm³/mol. The molecule has 2 aromatic rings. The number of methoxy groups -OCH3 is 1. The van der Waals surface area contributed by atoms with E-state index in [0.29, 0.717) is 16.3 Å². The number of ether oxygens (including phenoxy) is 1. The molecule has 0 radical (unpaired) electrons. The van der Waals surface area contributed by atoms with Gasteiger partial charge in [0.25, 0.3) is 17.6 Å². The maximum Gasteiger partial charge on any atom is 0.296 e. The molecule has 2 aliphatic rings. The highest BCUT2D eigenvalue weighted by Gasteiger charge is 2.66. The number of likely N-dealkylation sites (N-methyl/N-ethyl adjacent to an activating group) is 1. The van der Waals surface area contributed by atoms with Gasteiger partial charge in [-0.1, -0.05) is 29.8 Å². The Morgan fingerprint density at radius 2 is 1.77 bits per heavy atom. The molecule has 2 aromatic carbocycles. The van der Waals surface area contributed by atoms with Gasteiger partial charge in [0.15, 0.2) is 5.54 Å². The minimum Gasteiger partial charge on any atom is -0.507 e. The van der Waals surface area contributed by atoms with Crippen LogP contribution in [0.25, 0.3) is 5.76 Å². The normalized spacial score (nSPS) is 22.3. The number of anilines is 1. The summed E-state index contributed by atoms with van der Waals surface area (Å²) in [6.45, 7) is 0.126. The molecule has 2 aliphatic heterocycles. The molecule has 2 amide bonds. The fourth-order valence-corrected chi connectivity index (χ4v) is 4.33. The second-order valence-electron chi connectivity index (χ2n) is 7.10. The van der Waals surface area contributed by atoms with Crippen LogP contribution in [0, 0.1) is 0 Å². The molecule has 30 heavy (non-hydrogen) atoms. The molecule has 154 valence electrons. The van der Waals surface area contributed by atoms with E-state index in [-0.39, 0.29) is 24.3 Å². The molecule has 1 unspecified atom stereocenters. The van der Waals surface area contributed by atoms with Gasteiger partial charge in [-0.3, -0.25) is 14.4 Å². The fraction of sp³-hybridized carbons (Fsp3) is 0.227. The molecule has 0 bridgehead atoms. The number of aliphatic hydroxyl groups is 1. The van der Waals surface area contributed by atoms with Gasteiger partial charge in [-0.15, -0.1) is 0 Å². The van der Waals surface area contributed by atoms with Crippen molar-refractivity contribution in [2.45, 2.75) is 5.54 Å². The van der Waals surface area contributed by atoms with E-state index in [9.17, 15) is 19.5 Å². The van der Waals surface area contributed by atoms with Crippen LogP contribution in [0.3, 0.4) is 0 Å². The van der Waals surface area contributed by atoms with Crippen molar-refractivity contribution in [2.24, 2.45) is 0 Å². The Hall–Kier alpha value is -3.16. The van der Waals surface area contributed by atoms with E-state index in [1.807, 2.05) is 0 Å². The molecular weight excluding hydrogens is 408 g/mol. The van der Waals surface area contributed by atoms with E-state index in [0.717, 1.165) is 0 Å². The number of aliphatic hydroxyl groups excluding tert-OH is 1. The summed E-state index contributed by atoms with van der Waals surface area (Å²) >= 11 is 5.94. The molecule has 1 atom stereocenters. The number of amides is 2. The Balaban J connectivity index is 2.05. The number of likely N-dealkylation sites (tertiary alicyclic amines) is 1. The molecule has 7 nitrogen and oxygen atoms in total. The van der Waals surface area contributed by atoms with Crippen molar-refractivity contribution in [2.75, 3.05) is 32.2 Å². The summed E-state index contributed by atoms with van der Waals surface area (Å²) in [6.07, 6.45) is 0. The van der Waals surface area contributed by atoms with Gasteiger partial charge in [-0.05, 0) is 30.3 Å². The topological polar surface area (TPSA) is 87.1 Å². The Kier molecular flexibility index (Phi) is 4.88. The molecule has 1 saturated heterocycles. The first-order valence-corrected chi connectivity index (χ1v) is 9.66. The summed E-state index contributed by atoms with van der Waals surface area (Å²) < 4.78 is 5.11. The van der Waals surface area contributed by atoms with Crippen molar-refractivity contribution in [1.29, 1.82) is 0 Å². The first-order chi connectivity index (χ1) is 14.4. The molecular formula is C22H19ClN2O5. The summed E-state index contributed by atoms with van der Waals surface area (Å²) in [5.41, 5.74) is -0.713. The highest BCUT2D eigenvalue weighted by atomic mass is 35.5. The zero-order chi connectivity index (χ0) is 21.6. The number of halogens is 1. The van der Waals surface area contributed by atoms with E-state index in [1.165, 1.54) is 29.0 Å². The van der Waals surface area contributed by atoms with Crippen molar-refractivity contribution in [3.8, 4) is 0 Å². The molecule has 1 fully saturated rings. The summed E-state index contributed by atoms with van der Waals surface area (Å²) in [7, 11) is 3.04. The molecule has 0 saturated carbocycles. The van der Waals surface area contributed by atoms with Crippen molar-refractivity contribution < 1.29 is 24.2 Å². The van der Waals surface area contributed by atoms with Crippen LogP contribution in [0.1, 0.15) is 11.1 Å². The van der Waals surface area contributed by atoms with Gasteiger partial charge in [-0.2, -0.15) is 0 Å². The van der Waals surface area contributed by atoms with Crippen molar-refractivity contribution in [3.05, 3.63) is 70.3 Å². The molecule has 2 heterocycles. The third-order valence-electron chi connectivity index (χ3n) is 5.58. The van der Waals surface area contributed by atoms with Crippen LogP contribution in [0.4, 0.5) is 5.69 Å². The van der Waals surface area contributed by atoms with Crippen LogP contribution >= 0.6 is 11.6 Å². The quantitative estimate of drug-likeness (QED) is 0.461. The number of benzene rings is 2. The molecule has 0 aromatic heterocycles. The maximum absolute atomic E-state index is 13.6. The highest BCUT2D eigenvalue weighted by molar-refractivity contribution is 6.50. The van der Waals surface area contributed by atoms with Gasteiger partial charge in [-0.25, -0.2) is 0 Å². The Morgan fingerprint density at radius 1 is 1.10 bits per heavy atom. The van der Waals surface area contributed by atoms with Crippen LogP contribution in [0.2, 0.25) is 5.02 Å². The summed E-state index contributed by atoms with van der Waals surface area (Å²) in [4.78, 5) is 42.4. The fourth-order valence-electron chi connectivity index (χ4n) is 4.21. The lowest BCUT2D eigenvalue weighted by Gasteiger charge is -2.34. The number of ketones is 1.